The van der Waals surface area contributed by atoms with Crippen LogP contribution in [0.1, 0.15) is 152 Å². The Morgan fingerprint density at radius 3 is 2.31 bits per heavy atom. The minimum atomic E-state index is -1.93. The molecule has 0 aromatic carbocycles. The second-order valence-corrected chi connectivity index (χ2v) is 20.0. The van der Waals surface area contributed by atoms with E-state index in [1.54, 1.807) is 0 Å². The summed E-state index contributed by atoms with van der Waals surface area (Å²) in [7, 11) is 0. The molecule has 48 heavy (non-hydrogen) atoms. The number of hydrogen-bond donors (Lipinski definition) is 1. The Labute approximate surface area is 293 Å². The molecule has 1 amide bonds. The third-order valence-electron chi connectivity index (χ3n) is 16.7. The molecule has 6 aliphatic carbocycles. The molecule has 0 heterocycles. The number of ketones is 1. The van der Waals surface area contributed by atoms with Gasteiger partial charge in [-0.1, -0.05) is 41.5 Å². The predicted molar refractivity (Wildman–Crippen MR) is 188 cm³/mol. The molecule has 6 fully saturated rings. The van der Waals surface area contributed by atoms with E-state index in [2.05, 4.69) is 46.3 Å². The van der Waals surface area contributed by atoms with Crippen LogP contribution >= 0.6 is 0 Å². The molecule has 7 nitrogen and oxygen atoms in total. The Balaban J connectivity index is 0.992. The summed E-state index contributed by atoms with van der Waals surface area (Å²) in [5.74, 6) is 4.28. The minimum Gasteiger partial charge on any atom is -0.462 e. The van der Waals surface area contributed by atoms with E-state index in [0.717, 1.165) is 56.3 Å². The highest BCUT2D eigenvalue weighted by Gasteiger charge is 2.65. The average molecular weight is 688 g/mol. The predicted octanol–water partition coefficient (Wildman–Crippen LogP) is 8.52. The number of Topliss-reactive ketones (excluding diaryl/α,β-unsaturated/α-hetero) is 1. The first-order chi connectivity index (χ1) is 22.5. The zero-order valence-electron chi connectivity index (χ0n) is 31.3. The van der Waals surface area contributed by atoms with Gasteiger partial charge in [0.1, 0.15) is 11.9 Å². The summed E-state index contributed by atoms with van der Waals surface area (Å²) in [4.78, 5) is 38.6. The Bertz CT molecular complexity index is 1300. The van der Waals surface area contributed by atoms with Gasteiger partial charge in [-0.15, -0.1) is 0 Å². The van der Waals surface area contributed by atoms with E-state index in [9.17, 15) is 18.6 Å². The van der Waals surface area contributed by atoms with Crippen LogP contribution in [0.4, 0.5) is 0 Å². The fourth-order valence-corrected chi connectivity index (χ4v) is 13.4. The second-order valence-electron chi connectivity index (χ2n) is 19.1. The van der Waals surface area contributed by atoms with Crippen LogP contribution in [0.15, 0.2) is 0 Å². The first-order valence-electron chi connectivity index (χ1n) is 19.6. The second kappa shape index (κ2) is 13.0. The molecular formula is C40H65NO6S. The molecule has 0 aliphatic heterocycles. The van der Waals surface area contributed by atoms with Crippen LogP contribution in [-0.2, 0) is 34.6 Å². The summed E-state index contributed by atoms with van der Waals surface area (Å²) in [5.41, 5.74) is -0.484. The number of esters is 1. The van der Waals surface area contributed by atoms with Gasteiger partial charge in [0.05, 0.1) is 17.4 Å². The van der Waals surface area contributed by atoms with Gasteiger partial charge in [0.2, 0.25) is 5.91 Å². The molecular weight excluding hydrogens is 623 g/mol. The van der Waals surface area contributed by atoms with Crippen molar-refractivity contribution in [2.24, 2.45) is 68.5 Å². The number of hydrogen-bond acceptors (Lipinski definition) is 6. The lowest BCUT2D eigenvalue weighted by atomic mass is 9.44. The van der Waals surface area contributed by atoms with Crippen molar-refractivity contribution >= 4 is 28.9 Å². The molecule has 6 rings (SSSR count). The summed E-state index contributed by atoms with van der Waals surface area (Å²) < 4.78 is 27.1. The fraction of sp³-hybridized carbons (Fsp3) is 0.925. The van der Waals surface area contributed by atoms with E-state index < -0.39 is 22.1 Å². The lowest BCUT2D eigenvalue weighted by Gasteiger charge is -2.61. The lowest BCUT2D eigenvalue weighted by molar-refractivity contribution is -0.171. The average Bonchev–Trinajstić information content (AvgIpc) is 3.58. The van der Waals surface area contributed by atoms with E-state index in [-0.39, 0.29) is 35.8 Å². The van der Waals surface area contributed by atoms with Gasteiger partial charge < -0.3 is 4.74 Å². The number of carbonyl (C=O) groups is 3. The van der Waals surface area contributed by atoms with Crippen LogP contribution in [0.25, 0.3) is 0 Å². The van der Waals surface area contributed by atoms with E-state index in [1.165, 1.54) is 44.9 Å². The van der Waals surface area contributed by atoms with Crippen molar-refractivity contribution in [3.63, 3.8) is 0 Å². The van der Waals surface area contributed by atoms with Crippen LogP contribution in [0.5, 0.6) is 0 Å². The molecule has 2 bridgehead atoms. The maximum atomic E-state index is 12.9. The third kappa shape index (κ3) is 5.96. The summed E-state index contributed by atoms with van der Waals surface area (Å²) in [6.07, 6.45) is 15.2. The molecule has 6 saturated carbocycles. The molecule has 6 aliphatic rings. The van der Waals surface area contributed by atoms with Crippen LogP contribution in [0.2, 0.25) is 0 Å². The molecule has 8 heteroatoms. The van der Waals surface area contributed by atoms with Crippen molar-refractivity contribution < 1.29 is 27.5 Å². The molecule has 12 atom stereocenters. The first-order valence-corrected chi connectivity index (χ1v) is 20.6. The minimum absolute atomic E-state index is 0.0292. The van der Waals surface area contributed by atoms with Crippen molar-refractivity contribution in [3.8, 4) is 0 Å². The topological polar surface area (TPSA) is 98.8 Å². The molecule has 12 unspecified atom stereocenters. The first kappa shape index (κ1) is 36.5. The molecule has 272 valence electrons. The molecule has 0 spiro atoms. The highest BCUT2D eigenvalue weighted by molar-refractivity contribution is 7.78. The Hall–Kier alpha value is -1.28. The van der Waals surface area contributed by atoms with Gasteiger partial charge in [-0.2, -0.15) is 0 Å². The van der Waals surface area contributed by atoms with Crippen molar-refractivity contribution in [2.45, 2.75) is 158 Å². The Morgan fingerprint density at radius 2 is 1.65 bits per heavy atom. The van der Waals surface area contributed by atoms with E-state index in [1.807, 2.05) is 13.8 Å². The van der Waals surface area contributed by atoms with Gasteiger partial charge in [-0.3, -0.25) is 23.3 Å². The van der Waals surface area contributed by atoms with Crippen molar-refractivity contribution in [2.75, 3.05) is 6.61 Å². The van der Waals surface area contributed by atoms with Crippen molar-refractivity contribution in [3.05, 3.63) is 0 Å². The lowest BCUT2D eigenvalue weighted by Crippen LogP contribution is -2.54. The van der Waals surface area contributed by atoms with E-state index in [0.29, 0.717) is 47.3 Å². The Morgan fingerprint density at radius 1 is 0.938 bits per heavy atom. The highest BCUT2D eigenvalue weighted by Crippen LogP contribution is 2.69. The number of amides is 1. The molecule has 0 aromatic rings. The highest BCUT2D eigenvalue weighted by atomic mass is 32.2. The monoisotopic (exact) mass is 687 g/mol. The van der Waals surface area contributed by atoms with Gasteiger partial charge in [0, 0.05) is 12.8 Å². The molecule has 0 saturated heterocycles. The van der Waals surface area contributed by atoms with Gasteiger partial charge in [-0.05, 0) is 155 Å². The van der Waals surface area contributed by atoms with Crippen LogP contribution in [0.3, 0.4) is 0 Å². The quantitative estimate of drug-likeness (QED) is 0.219. The summed E-state index contributed by atoms with van der Waals surface area (Å²) in [6.45, 7) is 17.9. The van der Waals surface area contributed by atoms with Gasteiger partial charge >= 0.3 is 5.97 Å². The number of carbonyl (C=O) groups excluding carboxylic acids is 3. The maximum Gasteiger partial charge on any atom is 0.311 e. The number of rotatable bonds is 11. The smallest absolute Gasteiger partial charge is 0.311 e. The standard InChI is InChI=1S/C40H65NO6S/c1-9-36(3,4)35(44)47-28-17-19-38(7)27(22-28)11-12-29-31-14-13-30(39(31,8)20-18-32(29)38)25(2)10-15-34(43)41-48(45)46-24-40-21-16-26(23-33(40)42)37(40,5)6/h25-32H,9-24H2,1-8H3,(H,41,43). The van der Waals surface area contributed by atoms with Crippen LogP contribution in [0, 0.1) is 68.5 Å². The van der Waals surface area contributed by atoms with Gasteiger partial charge in [-0.25, -0.2) is 4.21 Å². The maximum absolute atomic E-state index is 12.9. The van der Waals surface area contributed by atoms with Gasteiger partial charge in [0.15, 0.2) is 0 Å². The molecule has 1 N–H and O–H groups in total. The summed E-state index contributed by atoms with van der Waals surface area (Å²) >= 11 is -1.93. The number of nitrogens with one attached hydrogen (secondary N) is 1. The van der Waals surface area contributed by atoms with E-state index >= 15 is 0 Å². The van der Waals surface area contributed by atoms with Crippen molar-refractivity contribution in [1.29, 1.82) is 0 Å². The van der Waals surface area contributed by atoms with Gasteiger partial charge in [0.25, 0.3) is 11.3 Å². The van der Waals surface area contributed by atoms with Crippen LogP contribution < -0.4 is 4.72 Å². The summed E-state index contributed by atoms with van der Waals surface area (Å²) in [6, 6.07) is 0. The largest absolute Gasteiger partial charge is 0.462 e. The SMILES string of the molecule is CCC(C)(C)C(=O)OC1CCC2(C)C(CCC3C2CCC2(C)C(C(C)CCC(=O)NS(=O)OCC45CCC(CC4=O)C5(C)C)CCC32)C1. The fourth-order valence-electron chi connectivity index (χ4n) is 12.8. The summed E-state index contributed by atoms with van der Waals surface area (Å²) in [5, 5.41) is 0. The molecule has 0 aromatic heterocycles. The van der Waals surface area contributed by atoms with Crippen LogP contribution in [-0.4, -0.2) is 34.6 Å². The van der Waals surface area contributed by atoms with E-state index in [4.69, 9.17) is 8.92 Å². The number of fused-ring (bicyclic) bond motifs is 7. The third-order valence-corrected chi connectivity index (χ3v) is 17.4. The zero-order valence-corrected chi connectivity index (χ0v) is 32.1. The molecule has 0 radical (unpaired) electrons. The number of ether oxygens (including phenoxy) is 1. The zero-order chi connectivity index (χ0) is 34.9. The normalized spacial score (nSPS) is 42.8. The Kier molecular flexibility index (Phi) is 9.92. The van der Waals surface area contributed by atoms with Crippen molar-refractivity contribution in [1.82, 2.24) is 4.72 Å².